The molecule has 1 atom stereocenters. The van der Waals surface area contributed by atoms with E-state index in [1.807, 2.05) is 0 Å². The molecule has 0 bridgehead atoms. The van der Waals surface area contributed by atoms with Crippen LogP contribution < -0.4 is 4.72 Å². The van der Waals surface area contributed by atoms with Crippen LogP contribution in [-0.4, -0.2) is 18.7 Å². The molecule has 2 aromatic rings. The first-order valence-corrected chi connectivity index (χ1v) is 7.57. The van der Waals surface area contributed by atoms with Gasteiger partial charge in [-0.1, -0.05) is 17.3 Å². The standard InChI is InChI=1S/C13H16N2O4S/c1-9-7-12(15-19-9)8-14-20(17,18)13-5-3-11(4-6-13)10(2)16/h3-7,10,14,16H,8H2,1-2H3. The van der Waals surface area contributed by atoms with Crippen LogP contribution in [0.3, 0.4) is 0 Å². The van der Waals surface area contributed by atoms with E-state index in [0.717, 1.165) is 0 Å². The SMILES string of the molecule is Cc1cc(CNS(=O)(=O)c2ccc(C(C)O)cc2)no1. The maximum absolute atomic E-state index is 12.1. The molecule has 6 nitrogen and oxygen atoms in total. The van der Waals surface area contributed by atoms with Gasteiger partial charge in [0.25, 0.3) is 0 Å². The van der Waals surface area contributed by atoms with Crippen molar-refractivity contribution in [2.24, 2.45) is 0 Å². The molecule has 0 saturated carbocycles. The summed E-state index contributed by atoms with van der Waals surface area (Å²) >= 11 is 0. The second-order valence-corrected chi connectivity index (χ2v) is 6.27. The number of aromatic nitrogens is 1. The van der Waals surface area contributed by atoms with Crippen molar-refractivity contribution in [2.45, 2.75) is 31.4 Å². The average molecular weight is 296 g/mol. The Kier molecular flexibility index (Phi) is 4.22. The van der Waals surface area contributed by atoms with Gasteiger partial charge in [-0.3, -0.25) is 0 Å². The highest BCUT2D eigenvalue weighted by Crippen LogP contribution is 2.16. The first kappa shape index (κ1) is 14.7. The molecule has 0 spiro atoms. The van der Waals surface area contributed by atoms with E-state index in [-0.39, 0.29) is 11.4 Å². The molecule has 20 heavy (non-hydrogen) atoms. The minimum absolute atomic E-state index is 0.0673. The molecule has 1 heterocycles. The van der Waals surface area contributed by atoms with Crippen LogP contribution in [0.15, 0.2) is 39.8 Å². The van der Waals surface area contributed by atoms with Crippen molar-refractivity contribution in [3.8, 4) is 0 Å². The summed E-state index contributed by atoms with van der Waals surface area (Å²) in [6.45, 7) is 3.42. The number of aliphatic hydroxyl groups excluding tert-OH is 1. The van der Waals surface area contributed by atoms with Crippen LogP contribution in [0.2, 0.25) is 0 Å². The molecule has 1 aromatic heterocycles. The fraction of sp³-hybridized carbons (Fsp3) is 0.308. The van der Waals surface area contributed by atoms with E-state index in [1.54, 1.807) is 32.0 Å². The summed E-state index contributed by atoms with van der Waals surface area (Å²) in [6.07, 6.45) is -0.627. The van der Waals surface area contributed by atoms with Gasteiger partial charge in [-0.05, 0) is 31.5 Å². The van der Waals surface area contributed by atoms with Gasteiger partial charge in [0, 0.05) is 6.07 Å². The Labute approximate surface area is 117 Å². The number of aliphatic hydroxyl groups is 1. The summed E-state index contributed by atoms with van der Waals surface area (Å²) in [5, 5.41) is 13.1. The number of benzene rings is 1. The number of sulfonamides is 1. The number of hydrogen-bond acceptors (Lipinski definition) is 5. The van der Waals surface area contributed by atoms with Gasteiger partial charge < -0.3 is 9.63 Å². The Morgan fingerprint density at radius 1 is 1.35 bits per heavy atom. The zero-order chi connectivity index (χ0) is 14.8. The Balaban J connectivity index is 2.09. The molecule has 2 N–H and O–H groups in total. The van der Waals surface area contributed by atoms with Crippen LogP contribution >= 0.6 is 0 Å². The van der Waals surface area contributed by atoms with Gasteiger partial charge >= 0.3 is 0 Å². The first-order chi connectivity index (χ1) is 9.38. The van der Waals surface area contributed by atoms with Gasteiger partial charge in [0.1, 0.15) is 5.76 Å². The normalized spacial score (nSPS) is 13.3. The fourth-order valence-corrected chi connectivity index (χ4v) is 2.68. The fourth-order valence-electron chi connectivity index (χ4n) is 1.68. The molecule has 0 fully saturated rings. The zero-order valence-electron chi connectivity index (χ0n) is 11.2. The minimum Gasteiger partial charge on any atom is -0.389 e. The maximum Gasteiger partial charge on any atom is 0.240 e. The lowest BCUT2D eigenvalue weighted by atomic mass is 10.1. The molecule has 0 radical (unpaired) electrons. The van der Waals surface area contributed by atoms with Crippen LogP contribution in [0, 0.1) is 6.92 Å². The quantitative estimate of drug-likeness (QED) is 0.872. The van der Waals surface area contributed by atoms with Gasteiger partial charge in [-0.25, -0.2) is 13.1 Å². The predicted molar refractivity (Wildman–Crippen MR) is 72.3 cm³/mol. The van der Waals surface area contributed by atoms with Crippen molar-refractivity contribution in [3.63, 3.8) is 0 Å². The maximum atomic E-state index is 12.1. The third kappa shape index (κ3) is 3.44. The molecule has 0 amide bonds. The lowest BCUT2D eigenvalue weighted by molar-refractivity contribution is 0.199. The highest BCUT2D eigenvalue weighted by molar-refractivity contribution is 7.89. The zero-order valence-corrected chi connectivity index (χ0v) is 12.0. The van der Waals surface area contributed by atoms with Gasteiger partial charge in [0.2, 0.25) is 10.0 Å². The molecule has 7 heteroatoms. The highest BCUT2D eigenvalue weighted by Gasteiger charge is 2.15. The molecule has 1 aromatic carbocycles. The summed E-state index contributed by atoms with van der Waals surface area (Å²) in [5.74, 6) is 0.625. The number of aryl methyl sites for hydroxylation is 1. The van der Waals surface area contributed by atoms with Crippen molar-refractivity contribution in [2.75, 3.05) is 0 Å². The number of hydrogen-bond donors (Lipinski definition) is 2. The Bertz CT molecular complexity index is 675. The smallest absolute Gasteiger partial charge is 0.240 e. The van der Waals surface area contributed by atoms with Crippen molar-refractivity contribution in [3.05, 3.63) is 47.3 Å². The van der Waals surface area contributed by atoms with E-state index in [0.29, 0.717) is 17.0 Å². The Morgan fingerprint density at radius 2 is 2.00 bits per heavy atom. The van der Waals surface area contributed by atoms with Crippen molar-refractivity contribution in [1.82, 2.24) is 9.88 Å². The molecule has 108 valence electrons. The van der Waals surface area contributed by atoms with Crippen LogP contribution in [0.5, 0.6) is 0 Å². The summed E-state index contributed by atoms with van der Waals surface area (Å²) < 4.78 is 31.4. The molecular weight excluding hydrogens is 280 g/mol. The van der Waals surface area contributed by atoms with Crippen molar-refractivity contribution >= 4 is 10.0 Å². The van der Waals surface area contributed by atoms with Gasteiger partial charge in [0.05, 0.1) is 23.2 Å². The molecule has 1 unspecified atom stereocenters. The summed E-state index contributed by atoms with van der Waals surface area (Å²) in [6, 6.07) is 7.74. The lowest BCUT2D eigenvalue weighted by Gasteiger charge is -2.07. The second-order valence-electron chi connectivity index (χ2n) is 4.50. The summed E-state index contributed by atoms with van der Waals surface area (Å²) in [4.78, 5) is 0.141. The monoisotopic (exact) mass is 296 g/mol. The lowest BCUT2D eigenvalue weighted by Crippen LogP contribution is -2.23. The van der Waals surface area contributed by atoms with E-state index in [2.05, 4.69) is 9.88 Å². The predicted octanol–water partition coefficient (Wildman–Crippen LogP) is 1.51. The van der Waals surface area contributed by atoms with Crippen molar-refractivity contribution < 1.29 is 18.0 Å². The third-order valence-electron chi connectivity index (χ3n) is 2.79. The Morgan fingerprint density at radius 3 is 2.50 bits per heavy atom. The molecule has 0 aliphatic heterocycles. The van der Waals surface area contributed by atoms with Crippen LogP contribution in [0.25, 0.3) is 0 Å². The van der Waals surface area contributed by atoms with Crippen molar-refractivity contribution in [1.29, 1.82) is 0 Å². The van der Waals surface area contributed by atoms with E-state index < -0.39 is 16.1 Å². The molecule has 2 rings (SSSR count). The highest BCUT2D eigenvalue weighted by atomic mass is 32.2. The number of nitrogens with zero attached hydrogens (tertiary/aromatic N) is 1. The van der Waals surface area contributed by atoms with E-state index in [1.165, 1.54) is 12.1 Å². The third-order valence-corrected chi connectivity index (χ3v) is 4.21. The number of nitrogens with one attached hydrogen (secondary N) is 1. The molecule has 0 saturated heterocycles. The largest absolute Gasteiger partial charge is 0.389 e. The van der Waals surface area contributed by atoms with Crippen LogP contribution in [0.4, 0.5) is 0 Å². The molecule has 0 aliphatic rings. The topological polar surface area (TPSA) is 92.4 Å². The molecule has 0 aliphatic carbocycles. The Hall–Kier alpha value is -1.70. The van der Waals surface area contributed by atoms with E-state index >= 15 is 0 Å². The van der Waals surface area contributed by atoms with E-state index in [4.69, 9.17) is 4.52 Å². The summed E-state index contributed by atoms with van der Waals surface area (Å²) in [5.41, 5.74) is 1.18. The first-order valence-electron chi connectivity index (χ1n) is 6.08. The van der Waals surface area contributed by atoms with Gasteiger partial charge in [0.15, 0.2) is 0 Å². The van der Waals surface area contributed by atoms with Gasteiger partial charge in [-0.15, -0.1) is 0 Å². The minimum atomic E-state index is -3.60. The second kappa shape index (κ2) is 5.74. The average Bonchev–Trinajstić information content (AvgIpc) is 2.82. The number of rotatable bonds is 5. The van der Waals surface area contributed by atoms with Crippen LogP contribution in [-0.2, 0) is 16.6 Å². The summed E-state index contributed by atoms with van der Waals surface area (Å²) in [7, 11) is -3.60. The van der Waals surface area contributed by atoms with E-state index in [9.17, 15) is 13.5 Å². The van der Waals surface area contributed by atoms with Gasteiger partial charge in [-0.2, -0.15) is 0 Å². The van der Waals surface area contributed by atoms with Crippen LogP contribution in [0.1, 0.15) is 30.0 Å². The molecular formula is C13H16N2O4S.